The van der Waals surface area contributed by atoms with Gasteiger partial charge in [0.15, 0.2) is 5.82 Å². The zero-order valence-corrected chi connectivity index (χ0v) is 9.56. The van der Waals surface area contributed by atoms with Crippen molar-refractivity contribution in [3.8, 4) is 22.8 Å². The first-order valence-corrected chi connectivity index (χ1v) is 5.60. The number of pyridine rings is 1. The molecule has 0 radical (unpaired) electrons. The Morgan fingerprint density at radius 1 is 0.944 bits per heavy atom. The van der Waals surface area contributed by atoms with Crippen molar-refractivity contribution in [3.05, 3.63) is 60.9 Å². The van der Waals surface area contributed by atoms with Gasteiger partial charge in [0.1, 0.15) is 5.75 Å². The van der Waals surface area contributed by atoms with Gasteiger partial charge < -0.3 is 5.11 Å². The minimum absolute atomic E-state index is 0.225. The van der Waals surface area contributed by atoms with Crippen LogP contribution in [0.1, 0.15) is 0 Å². The van der Waals surface area contributed by atoms with E-state index in [9.17, 15) is 5.11 Å². The lowest BCUT2D eigenvalue weighted by molar-refractivity contribution is 0.477. The van der Waals surface area contributed by atoms with Crippen molar-refractivity contribution >= 4 is 0 Å². The molecule has 0 aliphatic carbocycles. The molecule has 3 rings (SSSR count). The molecular formula is C14H11N3O. The van der Waals surface area contributed by atoms with E-state index >= 15 is 0 Å². The Labute approximate surface area is 104 Å². The Kier molecular flexibility index (Phi) is 2.53. The fourth-order valence-corrected chi connectivity index (χ4v) is 1.80. The van der Waals surface area contributed by atoms with E-state index in [4.69, 9.17) is 0 Å². The fraction of sp³-hybridized carbons (Fsp3) is 0. The molecule has 2 aromatic heterocycles. The van der Waals surface area contributed by atoms with Gasteiger partial charge in [0.05, 0.1) is 5.69 Å². The summed E-state index contributed by atoms with van der Waals surface area (Å²) >= 11 is 0. The van der Waals surface area contributed by atoms with Gasteiger partial charge in [-0.3, -0.25) is 0 Å². The summed E-state index contributed by atoms with van der Waals surface area (Å²) in [5, 5.41) is 14.0. The number of phenolic OH excluding ortho intramolecular Hbond substituents is 1. The summed E-state index contributed by atoms with van der Waals surface area (Å²) in [7, 11) is 0. The quantitative estimate of drug-likeness (QED) is 0.745. The van der Waals surface area contributed by atoms with E-state index in [-0.39, 0.29) is 5.75 Å². The van der Waals surface area contributed by atoms with Crippen molar-refractivity contribution in [3.63, 3.8) is 0 Å². The van der Waals surface area contributed by atoms with Crippen molar-refractivity contribution in [2.24, 2.45) is 0 Å². The van der Waals surface area contributed by atoms with E-state index in [0.717, 1.165) is 11.5 Å². The maximum atomic E-state index is 9.82. The van der Waals surface area contributed by atoms with E-state index in [1.807, 2.05) is 42.6 Å². The number of aromatic nitrogens is 3. The van der Waals surface area contributed by atoms with E-state index < -0.39 is 0 Å². The lowest BCUT2D eigenvalue weighted by atomic mass is 10.1. The van der Waals surface area contributed by atoms with Gasteiger partial charge >= 0.3 is 0 Å². The Morgan fingerprint density at radius 2 is 1.83 bits per heavy atom. The maximum Gasteiger partial charge on any atom is 0.153 e. The van der Waals surface area contributed by atoms with Crippen LogP contribution < -0.4 is 0 Å². The van der Waals surface area contributed by atoms with Crippen LogP contribution in [-0.4, -0.2) is 19.9 Å². The number of hydrogen-bond acceptors (Lipinski definition) is 3. The van der Waals surface area contributed by atoms with E-state index in [1.54, 1.807) is 23.0 Å². The molecule has 0 unspecified atom stereocenters. The Hall–Kier alpha value is -2.62. The molecule has 0 atom stereocenters. The van der Waals surface area contributed by atoms with Crippen LogP contribution in [0.2, 0.25) is 0 Å². The first-order chi connectivity index (χ1) is 8.84. The number of hydrogen-bond donors (Lipinski definition) is 1. The largest absolute Gasteiger partial charge is 0.507 e. The molecule has 1 N–H and O–H groups in total. The van der Waals surface area contributed by atoms with Crippen LogP contribution in [0.5, 0.6) is 5.75 Å². The molecular weight excluding hydrogens is 226 g/mol. The Morgan fingerprint density at radius 3 is 2.61 bits per heavy atom. The van der Waals surface area contributed by atoms with Crippen molar-refractivity contribution < 1.29 is 5.11 Å². The van der Waals surface area contributed by atoms with E-state index in [0.29, 0.717) is 5.56 Å². The third-order valence-corrected chi connectivity index (χ3v) is 2.65. The summed E-state index contributed by atoms with van der Waals surface area (Å²) in [6.45, 7) is 0. The molecule has 0 aliphatic rings. The van der Waals surface area contributed by atoms with Crippen LogP contribution in [0.15, 0.2) is 60.9 Å². The first kappa shape index (κ1) is 10.5. The normalized spacial score (nSPS) is 10.4. The highest BCUT2D eigenvalue weighted by molar-refractivity contribution is 5.67. The van der Waals surface area contributed by atoms with Crippen LogP contribution in [0.25, 0.3) is 17.1 Å². The molecule has 4 nitrogen and oxygen atoms in total. The fourth-order valence-electron chi connectivity index (χ4n) is 1.80. The predicted molar refractivity (Wildman–Crippen MR) is 68.5 cm³/mol. The zero-order valence-electron chi connectivity index (χ0n) is 9.56. The number of para-hydroxylation sites is 1. The highest BCUT2D eigenvalue weighted by atomic mass is 16.3. The minimum atomic E-state index is 0.225. The summed E-state index contributed by atoms with van der Waals surface area (Å²) in [6.07, 6.45) is 3.53. The smallest absolute Gasteiger partial charge is 0.153 e. The standard InChI is InChI=1S/C14H11N3O/c18-13-7-2-1-5-11(13)12-6-3-8-14(16-12)17-10-4-9-15-17/h1-10,18H. The SMILES string of the molecule is Oc1ccccc1-c1cccc(-n2cccn2)n1. The van der Waals surface area contributed by atoms with Crippen molar-refractivity contribution in [1.82, 2.24) is 14.8 Å². The highest BCUT2D eigenvalue weighted by Crippen LogP contribution is 2.27. The van der Waals surface area contributed by atoms with Gasteiger partial charge in [0, 0.05) is 18.0 Å². The van der Waals surface area contributed by atoms with Gasteiger partial charge in [-0.2, -0.15) is 5.10 Å². The Bertz CT molecular complexity index is 662. The van der Waals surface area contributed by atoms with Gasteiger partial charge in [-0.05, 0) is 30.3 Å². The molecule has 2 heterocycles. The van der Waals surface area contributed by atoms with Crippen LogP contribution in [0.3, 0.4) is 0 Å². The molecule has 0 spiro atoms. The number of aromatic hydroxyl groups is 1. The summed E-state index contributed by atoms with van der Waals surface area (Å²) in [4.78, 5) is 4.49. The van der Waals surface area contributed by atoms with Gasteiger partial charge in [-0.25, -0.2) is 9.67 Å². The molecule has 0 fully saturated rings. The lowest BCUT2D eigenvalue weighted by Gasteiger charge is -2.06. The second-order valence-electron chi connectivity index (χ2n) is 3.85. The van der Waals surface area contributed by atoms with E-state index in [2.05, 4.69) is 10.1 Å². The third-order valence-electron chi connectivity index (χ3n) is 2.65. The second-order valence-corrected chi connectivity index (χ2v) is 3.85. The predicted octanol–water partition coefficient (Wildman–Crippen LogP) is 2.64. The molecule has 0 saturated carbocycles. The molecule has 1 aromatic carbocycles. The number of phenols is 1. The van der Waals surface area contributed by atoms with E-state index in [1.165, 1.54) is 0 Å². The van der Waals surface area contributed by atoms with Crippen LogP contribution in [0.4, 0.5) is 0 Å². The lowest BCUT2D eigenvalue weighted by Crippen LogP contribution is -1.98. The summed E-state index contributed by atoms with van der Waals surface area (Å²) in [6, 6.07) is 14.6. The highest BCUT2D eigenvalue weighted by Gasteiger charge is 2.06. The third kappa shape index (κ3) is 1.84. The molecule has 3 aromatic rings. The van der Waals surface area contributed by atoms with Crippen LogP contribution in [-0.2, 0) is 0 Å². The average molecular weight is 237 g/mol. The first-order valence-electron chi connectivity index (χ1n) is 5.60. The minimum Gasteiger partial charge on any atom is -0.507 e. The van der Waals surface area contributed by atoms with Crippen molar-refractivity contribution in [1.29, 1.82) is 0 Å². The van der Waals surface area contributed by atoms with Gasteiger partial charge in [0.25, 0.3) is 0 Å². The van der Waals surface area contributed by atoms with Crippen LogP contribution in [0, 0.1) is 0 Å². The molecule has 18 heavy (non-hydrogen) atoms. The van der Waals surface area contributed by atoms with Crippen molar-refractivity contribution in [2.45, 2.75) is 0 Å². The summed E-state index contributed by atoms with van der Waals surface area (Å²) < 4.78 is 1.68. The monoisotopic (exact) mass is 237 g/mol. The molecule has 0 aliphatic heterocycles. The molecule has 0 bridgehead atoms. The van der Waals surface area contributed by atoms with Crippen molar-refractivity contribution in [2.75, 3.05) is 0 Å². The second kappa shape index (κ2) is 4.33. The summed E-state index contributed by atoms with van der Waals surface area (Å²) in [5.41, 5.74) is 1.44. The molecule has 4 heteroatoms. The van der Waals surface area contributed by atoms with Gasteiger partial charge in [-0.1, -0.05) is 18.2 Å². The zero-order chi connectivity index (χ0) is 12.4. The van der Waals surface area contributed by atoms with Gasteiger partial charge in [0.2, 0.25) is 0 Å². The topological polar surface area (TPSA) is 50.9 Å². The number of rotatable bonds is 2. The van der Waals surface area contributed by atoms with Crippen LogP contribution >= 0.6 is 0 Å². The molecule has 0 amide bonds. The Balaban J connectivity index is 2.10. The number of nitrogens with zero attached hydrogens (tertiary/aromatic N) is 3. The average Bonchev–Trinajstić information content (AvgIpc) is 2.93. The maximum absolute atomic E-state index is 9.82. The van der Waals surface area contributed by atoms with Gasteiger partial charge in [-0.15, -0.1) is 0 Å². The molecule has 88 valence electrons. The molecule has 0 saturated heterocycles. The number of benzene rings is 1. The summed E-state index contributed by atoms with van der Waals surface area (Å²) in [5.74, 6) is 0.948.